The van der Waals surface area contributed by atoms with Gasteiger partial charge < -0.3 is 4.74 Å². The third-order valence-electron chi connectivity index (χ3n) is 2.07. The molecule has 0 spiro atoms. The van der Waals surface area contributed by atoms with E-state index in [1.54, 1.807) is 0 Å². The van der Waals surface area contributed by atoms with Crippen LogP contribution in [0, 0.1) is 0 Å². The van der Waals surface area contributed by atoms with Gasteiger partial charge in [-0.05, 0) is 18.9 Å². The minimum atomic E-state index is -0.330. The molecule has 0 N–H and O–H groups in total. The molecule has 0 bridgehead atoms. The molecule has 0 heterocycles. The van der Waals surface area contributed by atoms with E-state index in [2.05, 4.69) is 29.5 Å². The lowest BCUT2D eigenvalue weighted by Gasteiger charge is -1.97. The maximum atomic E-state index is 10.3. The van der Waals surface area contributed by atoms with Crippen LogP contribution in [0.5, 0.6) is 0 Å². The molecule has 0 saturated carbocycles. The number of ether oxygens (including phenoxy) is 1. The van der Waals surface area contributed by atoms with E-state index < -0.39 is 0 Å². The van der Waals surface area contributed by atoms with E-state index >= 15 is 0 Å². The predicted octanol–water partition coefficient (Wildman–Crippen LogP) is 4.24. The van der Waals surface area contributed by atoms with Crippen molar-refractivity contribution in [3.05, 3.63) is 54.6 Å². The molecule has 0 atom stereocenters. The molecule has 1 aromatic rings. The van der Waals surface area contributed by atoms with Gasteiger partial charge in [0.15, 0.2) is 0 Å². The summed E-state index contributed by atoms with van der Waals surface area (Å²) >= 11 is 0. The maximum Gasteiger partial charge on any atom is 0.330 e. The first-order valence-electron chi connectivity index (χ1n) is 6.21. The largest absolute Gasteiger partial charge is 0.463 e. The summed E-state index contributed by atoms with van der Waals surface area (Å²) in [7, 11) is 0. The highest BCUT2D eigenvalue weighted by Crippen LogP contribution is 1.99. The van der Waals surface area contributed by atoms with Gasteiger partial charge in [-0.2, -0.15) is 0 Å². The first kappa shape index (κ1) is 16.2. The van der Waals surface area contributed by atoms with Crippen molar-refractivity contribution in [2.75, 3.05) is 6.61 Å². The molecule has 0 unspecified atom stereocenters. The number of carbonyl (C=O) groups is 1. The zero-order chi connectivity index (χ0) is 13.6. The summed E-state index contributed by atoms with van der Waals surface area (Å²) in [5, 5.41) is 0. The number of unbranched alkanes of at least 4 members (excludes halogenated alkanes) is 1. The number of carbonyl (C=O) groups excluding carboxylic acids is 1. The lowest BCUT2D eigenvalue weighted by molar-refractivity contribution is -0.137. The van der Waals surface area contributed by atoms with Crippen molar-refractivity contribution < 1.29 is 9.53 Å². The Hall–Kier alpha value is -1.83. The summed E-state index contributed by atoms with van der Waals surface area (Å²) in [4.78, 5) is 10.3. The van der Waals surface area contributed by atoms with E-state index in [1.807, 2.05) is 38.1 Å². The molecule has 0 aliphatic carbocycles. The van der Waals surface area contributed by atoms with Crippen LogP contribution in [-0.2, 0) is 9.53 Å². The fourth-order valence-corrected chi connectivity index (χ4v) is 1.13. The Kier molecular flexibility index (Phi) is 10.5. The van der Waals surface area contributed by atoms with Gasteiger partial charge >= 0.3 is 5.97 Å². The van der Waals surface area contributed by atoms with E-state index in [4.69, 9.17) is 0 Å². The summed E-state index contributed by atoms with van der Waals surface area (Å²) < 4.78 is 4.67. The standard InChI is InChI=1S/C9H10.C7H12O2/c1-2-6-9-7-4-3-5-8-9;1-3-5-6-9-7(8)4-2/h2-8H,1H3;4H,2-3,5-6H2,1H3. The van der Waals surface area contributed by atoms with Crippen molar-refractivity contribution in [3.63, 3.8) is 0 Å². The Balaban J connectivity index is 0.000000321. The average molecular weight is 246 g/mol. The molecule has 0 aliphatic rings. The van der Waals surface area contributed by atoms with Crippen LogP contribution >= 0.6 is 0 Å². The summed E-state index contributed by atoms with van der Waals surface area (Å²) in [6, 6.07) is 10.3. The van der Waals surface area contributed by atoms with Crippen LogP contribution in [0.4, 0.5) is 0 Å². The zero-order valence-corrected chi connectivity index (χ0v) is 11.3. The van der Waals surface area contributed by atoms with E-state index in [0.717, 1.165) is 12.8 Å². The highest BCUT2D eigenvalue weighted by molar-refractivity contribution is 5.81. The van der Waals surface area contributed by atoms with Gasteiger partial charge in [0.25, 0.3) is 0 Å². The first-order valence-corrected chi connectivity index (χ1v) is 6.21. The van der Waals surface area contributed by atoms with Gasteiger partial charge in [-0.25, -0.2) is 4.79 Å². The molecule has 2 nitrogen and oxygen atoms in total. The van der Waals surface area contributed by atoms with Crippen LogP contribution in [0.25, 0.3) is 6.08 Å². The van der Waals surface area contributed by atoms with Crippen LogP contribution in [-0.4, -0.2) is 12.6 Å². The van der Waals surface area contributed by atoms with Crippen LogP contribution < -0.4 is 0 Å². The summed E-state index contributed by atoms with van der Waals surface area (Å²) in [5.74, 6) is -0.330. The normalized spacial score (nSPS) is 9.44. The van der Waals surface area contributed by atoms with E-state index in [9.17, 15) is 4.79 Å². The molecular formula is C16H22O2. The molecule has 0 radical (unpaired) electrons. The lowest BCUT2D eigenvalue weighted by Crippen LogP contribution is -2.00. The summed E-state index contributed by atoms with van der Waals surface area (Å²) in [6.07, 6.45) is 7.27. The van der Waals surface area contributed by atoms with Crippen molar-refractivity contribution >= 4 is 12.0 Å². The maximum absolute atomic E-state index is 10.3. The number of allylic oxidation sites excluding steroid dienone is 1. The quantitative estimate of drug-likeness (QED) is 0.441. The van der Waals surface area contributed by atoms with Gasteiger partial charge in [0.2, 0.25) is 0 Å². The molecule has 98 valence electrons. The fraction of sp³-hybridized carbons (Fsp3) is 0.312. The summed E-state index contributed by atoms with van der Waals surface area (Å²) in [5.41, 5.74) is 1.26. The number of hydrogen-bond donors (Lipinski definition) is 0. The van der Waals surface area contributed by atoms with Crippen LogP contribution in [0.15, 0.2) is 49.1 Å². The van der Waals surface area contributed by atoms with Crippen molar-refractivity contribution in [1.29, 1.82) is 0 Å². The van der Waals surface area contributed by atoms with Crippen molar-refractivity contribution in [3.8, 4) is 0 Å². The molecule has 18 heavy (non-hydrogen) atoms. The highest BCUT2D eigenvalue weighted by Gasteiger charge is 1.91. The molecule has 0 aromatic heterocycles. The Labute approximate surface area is 110 Å². The van der Waals surface area contributed by atoms with Crippen LogP contribution in [0.3, 0.4) is 0 Å². The SMILES string of the molecule is C=CC(=O)OCCCC.CC=Cc1ccccc1. The summed E-state index contributed by atoms with van der Waals surface area (Å²) in [6.45, 7) is 7.84. The van der Waals surface area contributed by atoms with Crippen LogP contribution in [0.2, 0.25) is 0 Å². The molecular weight excluding hydrogens is 224 g/mol. The van der Waals surface area contributed by atoms with E-state index in [0.29, 0.717) is 6.61 Å². The zero-order valence-electron chi connectivity index (χ0n) is 11.3. The second-order valence-electron chi connectivity index (χ2n) is 3.64. The molecule has 0 saturated heterocycles. The van der Waals surface area contributed by atoms with Gasteiger partial charge in [0.05, 0.1) is 6.61 Å². The molecule has 0 aliphatic heterocycles. The molecule has 1 rings (SSSR count). The van der Waals surface area contributed by atoms with E-state index in [1.165, 1.54) is 11.6 Å². The topological polar surface area (TPSA) is 26.3 Å². The minimum Gasteiger partial charge on any atom is -0.463 e. The number of esters is 1. The van der Waals surface area contributed by atoms with Gasteiger partial charge in [0.1, 0.15) is 0 Å². The number of hydrogen-bond acceptors (Lipinski definition) is 2. The second kappa shape index (κ2) is 11.6. The lowest BCUT2D eigenvalue weighted by atomic mass is 10.2. The molecule has 1 aromatic carbocycles. The third kappa shape index (κ3) is 9.40. The van der Waals surface area contributed by atoms with Gasteiger partial charge in [0, 0.05) is 6.08 Å². The molecule has 2 heteroatoms. The predicted molar refractivity (Wildman–Crippen MR) is 77.2 cm³/mol. The first-order chi connectivity index (χ1) is 8.74. The fourth-order valence-electron chi connectivity index (χ4n) is 1.13. The highest BCUT2D eigenvalue weighted by atomic mass is 16.5. The number of benzene rings is 1. The van der Waals surface area contributed by atoms with E-state index in [-0.39, 0.29) is 5.97 Å². The van der Waals surface area contributed by atoms with Gasteiger partial charge in [-0.15, -0.1) is 0 Å². The minimum absolute atomic E-state index is 0.330. The monoisotopic (exact) mass is 246 g/mol. The average Bonchev–Trinajstić information content (AvgIpc) is 2.41. The Morgan fingerprint density at radius 2 is 2.00 bits per heavy atom. The Morgan fingerprint density at radius 3 is 2.50 bits per heavy atom. The second-order valence-corrected chi connectivity index (χ2v) is 3.64. The molecule has 0 amide bonds. The van der Waals surface area contributed by atoms with Crippen molar-refractivity contribution in [2.24, 2.45) is 0 Å². The Morgan fingerprint density at radius 1 is 1.33 bits per heavy atom. The van der Waals surface area contributed by atoms with Gasteiger partial charge in [-0.3, -0.25) is 0 Å². The van der Waals surface area contributed by atoms with Gasteiger partial charge in [-0.1, -0.05) is 62.4 Å². The van der Waals surface area contributed by atoms with Crippen molar-refractivity contribution in [2.45, 2.75) is 26.7 Å². The third-order valence-corrected chi connectivity index (χ3v) is 2.07. The smallest absolute Gasteiger partial charge is 0.330 e. The molecule has 0 fully saturated rings. The van der Waals surface area contributed by atoms with Crippen molar-refractivity contribution in [1.82, 2.24) is 0 Å². The Bertz CT molecular complexity index is 353. The number of rotatable bonds is 5. The van der Waals surface area contributed by atoms with Crippen LogP contribution in [0.1, 0.15) is 32.3 Å².